The van der Waals surface area contributed by atoms with Crippen LogP contribution in [0, 0.1) is 11.3 Å². The fourth-order valence-electron chi connectivity index (χ4n) is 1.13. The summed E-state index contributed by atoms with van der Waals surface area (Å²) in [6.07, 6.45) is 2.16. The Balaban J connectivity index is 2.96. The van der Waals surface area contributed by atoms with Crippen molar-refractivity contribution in [3.63, 3.8) is 0 Å². The second-order valence-corrected chi connectivity index (χ2v) is 5.40. The molecule has 0 amide bonds. The van der Waals surface area contributed by atoms with E-state index < -0.39 is 10.0 Å². The largest absolute Gasteiger partial charge is 0.240 e. The molecule has 90 valence electrons. The minimum Gasteiger partial charge on any atom is -0.211 e. The highest BCUT2D eigenvalue weighted by atomic mass is 35.5. The third kappa shape index (κ3) is 3.56. The average molecular weight is 271 g/mol. The van der Waals surface area contributed by atoms with E-state index in [-0.39, 0.29) is 22.0 Å². The summed E-state index contributed by atoms with van der Waals surface area (Å²) in [4.78, 5) is 0.0468. The van der Waals surface area contributed by atoms with E-state index in [2.05, 4.69) is 11.3 Å². The Hall–Kier alpha value is -1.35. The lowest BCUT2D eigenvalue weighted by Crippen LogP contribution is -2.24. The lowest BCUT2D eigenvalue weighted by atomic mass is 10.2. The van der Waals surface area contributed by atoms with Gasteiger partial charge in [-0.2, -0.15) is 5.26 Å². The Kier molecular flexibility index (Phi) is 4.70. The third-order valence-corrected chi connectivity index (χ3v) is 3.78. The van der Waals surface area contributed by atoms with Gasteiger partial charge in [0.2, 0.25) is 10.0 Å². The maximum absolute atomic E-state index is 11.8. The molecule has 0 aliphatic rings. The molecule has 0 saturated heterocycles. The van der Waals surface area contributed by atoms with E-state index in [1.54, 1.807) is 6.08 Å². The van der Waals surface area contributed by atoms with Crippen LogP contribution in [0.5, 0.6) is 0 Å². The minimum atomic E-state index is -3.57. The molecule has 0 heterocycles. The molecule has 0 atom stereocenters. The van der Waals surface area contributed by atoms with Crippen LogP contribution in [-0.2, 0) is 10.0 Å². The lowest BCUT2D eigenvalue weighted by Gasteiger charge is -2.06. The van der Waals surface area contributed by atoms with Crippen LogP contribution in [0.4, 0.5) is 0 Å². The van der Waals surface area contributed by atoms with E-state index in [9.17, 15) is 8.42 Å². The van der Waals surface area contributed by atoms with E-state index in [0.29, 0.717) is 6.42 Å². The molecule has 0 radical (unpaired) electrons. The molecular weight excluding hydrogens is 260 g/mol. The number of hydrogen-bond acceptors (Lipinski definition) is 3. The molecule has 0 unspecified atom stereocenters. The number of nitrogens with one attached hydrogen (secondary N) is 1. The predicted octanol–water partition coefficient (Wildman–Crippen LogP) is 2.07. The molecule has 0 aliphatic carbocycles. The van der Waals surface area contributed by atoms with Crippen LogP contribution >= 0.6 is 11.6 Å². The van der Waals surface area contributed by atoms with Crippen LogP contribution in [0.15, 0.2) is 35.7 Å². The maximum atomic E-state index is 11.8. The molecule has 1 rings (SSSR count). The number of halogens is 1. The molecular formula is C11H11ClN2O2S. The molecule has 17 heavy (non-hydrogen) atoms. The normalized spacial score (nSPS) is 10.8. The highest BCUT2D eigenvalue weighted by Gasteiger charge is 2.14. The van der Waals surface area contributed by atoms with Gasteiger partial charge < -0.3 is 0 Å². The Morgan fingerprint density at radius 1 is 1.53 bits per heavy atom. The van der Waals surface area contributed by atoms with Crippen molar-refractivity contribution < 1.29 is 8.42 Å². The van der Waals surface area contributed by atoms with Gasteiger partial charge in [-0.1, -0.05) is 17.7 Å². The van der Waals surface area contributed by atoms with Gasteiger partial charge in [-0.25, -0.2) is 13.1 Å². The van der Waals surface area contributed by atoms with E-state index in [1.807, 2.05) is 6.07 Å². The van der Waals surface area contributed by atoms with E-state index in [0.717, 1.165) is 0 Å². The van der Waals surface area contributed by atoms with Crippen molar-refractivity contribution in [2.24, 2.45) is 0 Å². The van der Waals surface area contributed by atoms with Gasteiger partial charge in [0.15, 0.2) is 0 Å². The first-order chi connectivity index (χ1) is 8.01. The fraction of sp³-hybridized carbons (Fsp3) is 0.182. The highest BCUT2D eigenvalue weighted by molar-refractivity contribution is 7.89. The third-order valence-electron chi connectivity index (χ3n) is 2.01. The summed E-state index contributed by atoms with van der Waals surface area (Å²) in [5, 5.41) is 8.80. The van der Waals surface area contributed by atoms with E-state index in [4.69, 9.17) is 16.9 Å². The first kappa shape index (κ1) is 13.7. The van der Waals surface area contributed by atoms with Gasteiger partial charge in [-0.3, -0.25) is 0 Å². The van der Waals surface area contributed by atoms with E-state index >= 15 is 0 Å². The second-order valence-electron chi connectivity index (χ2n) is 3.23. The number of rotatable bonds is 5. The molecule has 1 aromatic carbocycles. The number of benzene rings is 1. The lowest BCUT2D eigenvalue weighted by molar-refractivity contribution is 0.582. The highest BCUT2D eigenvalue weighted by Crippen LogP contribution is 2.19. The van der Waals surface area contributed by atoms with Crippen molar-refractivity contribution in [1.82, 2.24) is 4.72 Å². The van der Waals surface area contributed by atoms with Crippen molar-refractivity contribution in [3.8, 4) is 6.07 Å². The van der Waals surface area contributed by atoms with Crippen LogP contribution in [0.1, 0.15) is 12.0 Å². The first-order valence-electron chi connectivity index (χ1n) is 4.81. The zero-order valence-electron chi connectivity index (χ0n) is 8.98. The zero-order valence-corrected chi connectivity index (χ0v) is 10.6. The van der Waals surface area contributed by atoms with Crippen LogP contribution < -0.4 is 4.72 Å². The Bertz CT molecular complexity index is 561. The molecule has 4 nitrogen and oxygen atoms in total. The first-order valence-corrected chi connectivity index (χ1v) is 6.67. The van der Waals surface area contributed by atoms with Gasteiger partial charge in [0.1, 0.15) is 6.07 Å². The summed E-state index contributed by atoms with van der Waals surface area (Å²) in [7, 11) is -3.57. The number of nitriles is 1. The molecule has 0 spiro atoms. The summed E-state index contributed by atoms with van der Waals surface area (Å²) >= 11 is 5.77. The fourth-order valence-corrected chi connectivity index (χ4v) is 2.49. The Morgan fingerprint density at radius 2 is 2.24 bits per heavy atom. The summed E-state index contributed by atoms with van der Waals surface area (Å²) in [6.45, 7) is 3.78. The van der Waals surface area contributed by atoms with Gasteiger partial charge in [-0.15, -0.1) is 6.58 Å². The summed E-state index contributed by atoms with van der Waals surface area (Å²) in [5.41, 5.74) is 0.247. The molecule has 0 aliphatic heterocycles. The predicted molar refractivity (Wildman–Crippen MR) is 66.2 cm³/mol. The SMILES string of the molecule is C=CCCNS(=O)(=O)c1ccc(C#N)c(Cl)c1. The van der Waals surface area contributed by atoms with Gasteiger partial charge in [-0.05, 0) is 24.6 Å². The number of hydrogen-bond donors (Lipinski definition) is 1. The molecule has 0 bridgehead atoms. The van der Waals surface area contributed by atoms with Crippen molar-refractivity contribution in [1.29, 1.82) is 5.26 Å². The van der Waals surface area contributed by atoms with Crippen LogP contribution in [0.2, 0.25) is 5.02 Å². The smallest absolute Gasteiger partial charge is 0.211 e. The number of sulfonamides is 1. The van der Waals surface area contributed by atoms with Crippen LogP contribution in [0.25, 0.3) is 0 Å². The minimum absolute atomic E-state index is 0.0468. The quantitative estimate of drug-likeness (QED) is 0.658. The van der Waals surface area contributed by atoms with Gasteiger partial charge in [0, 0.05) is 6.54 Å². The Labute approximate surface area is 106 Å². The number of nitrogens with zero attached hydrogens (tertiary/aromatic N) is 1. The Morgan fingerprint density at radius 3 is 2.76 bits per heavy atom. The summed E-state index contributed by atoms with van der Waals surface area (Å²) in [5.74, 6) is 0. The van der Waals surface area contributed by atoms with Crippen molar-refractivity contribution >= 4 is 21.6 Å². The second kappa shape index (κ2) is 5.82. The van der Waals surface area contributed by atoms with Gasteiger partial charge >= 0.3 is 0 Å². The molecule has 6 heteroatoms. The standard InChI is InChI=1S/C11H11ClN2O2S/c1-2-3-6-14-17(15,16)10-5-4-9(8-13)11(12)7-10/h2,4-5,7,14H,1,3,6H2. The van der Waals surface area contributed by atoms with Crippen molar-refractivity contribution in [2.45, 2.75) is 11.3 Å². The molecule has 1 N–H and O–H groups in total. The summed E-state index contributed by atoms with van der Waals surface area (Å²) in [6, 6.07) is 5.85. The maximum Gasteiger partial charge on any atom is 0.240 e. The van der Waals surface area contributed by atoms with Gasteiger partial charge in [0.05, 0.1) is 15.5 Å². The van der Waals surface area contributed by atoms with Gasteiger partial charge in [0.25, 0.3) is 0 Å². The van der Waals surface area contributed by atoms with Crippen LogP contribution in [0.3, 0.4) is 0 Å². The average Bonchev–Trinajstić information content (AvgIpc) is 2.29. The molecule has 0 fully saturated rings. The van der Waals surface area contributed by atoms with Crippen molar-refractivity contribution in [3.05, 3.63) is 41.4 Å². The molecule has 1 aromatic rings. The zero-order chi connectivity index (χ0) is 12.9. The van der Waals surface area contributed by atoms with Crippen molar-refractivity contribution in [2.75, 3.05) is 6.54 Å². The summed E-state index contributed by atoms with van der Waals surface area (Å²) < 4.78 is 25.9. The van der Waals surface area contributed by atoms with Crippen LogP contribution in [-0.4, -0.2) is 15.0 Å². The topological polar surface area (TPSA) is 70.0 Å². The molecule has 0 aromatic heterocycles. The monoisotopic (exact) mass is 270 g/mol. The van der Waals surface area contributed by atoms with E-state index in [1.165, 1.54) is 18.2 Å². The molecule has 0 saturated carbocycles.